The van der Waals surface area contributed by atoms with E-state index < -0.39 is 16.0 Å². The highest BCUT2D eigenvalue weighted by Gasteiger charge is 2.17. The van der Waals surface area contributed by atoms with Gasteiger partial charge in [-0.2, -0.15) is 0 Å². The van der Waals surface area contributed by atoms with Crippen LogP contribution < -0.4 is 9.46 Å². The Labute approximate surface area is 149 Å². The van der Waals surface area contributed by atoms with E-state index >= 15 is 0 Å². The molecule has 0 radical (unpaired) electrons. The zero-order chi connectivity index (χ0) is 17.7. The van der Waals surface area contributed by atoms with Crippen molar-refractivity contribution in [2.75, 3.05) is 18.4 Å². The molecule has 2 aromatic carbocycles. The molecule has 0 aliphatic rings. The van der Waals surface area contributed by atoms with E-state index in [1.165, 1.54) is 25.3 Å². The first-order chi connectivity index (χ1) is 11.4. The molecule has 0 aliphatic carbocycles. The summed E-state index contributed by atoms with van der Waals surface area (Å²) in [5.41, 5.74) is 0.542. The summed E-state index contributed by atoms with van der Waals surface area (Å²) in [6.07, 6.45) is 0. The smallest absolute Gasteiger partial charge is 0.338 e. The zero-order valence-electron chi connectivity index (χ0n) is 13.1. The normalized spacial score (nSPS) is 11.0. The van der Waals surface area contributed by atoms with Crippen LogP contribution in [0.1, 0.15) is 17.3 Å². The lowest BCUT2D eigenvalue weighted by Crippen LogP contribution is -2.14. The van der Waals surface area contributed by atoms with Gasteiger partial charge in [0.15, 0.2) is 0 Å². The lowest BCUT2D eigenvalue weighted by molar-refractivity contribution is 0.0526. The molecule has 24 heavy (non-hydrogen) atoms. The quantitative estimate of drug-likeness (QED) is 0.733. The van der Waals surface area contributed by atoms with Gasteiger partial charge < -0.3 is 9.47 Å². The first-order valence-corrected chi connectivity index (χ1v) is 9.28. The average Bonchev–Trinajstić information content (AvgIpc) is 2.55. The molecule has 0 spiro atoms. The molecule has 0 atom stereocenters. The molecule has 0 amide bonds. The van der Waals surface area contributed by atoms with Crippen molar-refractivity contribution in [2.24, 2.45) is 0 Å². The monoisotopic (exact) mass is 413 g/mol. The predicted octanol–water partition coefficient (Wildman–Crippen LogP) is 3.44. The standard InChI is InChI=1S/C16H16BrNO5S/c1-3-23-16(19)11-5-4-6-12(9-11)18-24(20,21)13-7-8-15(22-2)14(17)10-13/h4-10,18H,3H2,1-2H3. The van der Waals surface area contributed by atoms with Gasteiger partial charge in [0.1, 0.15) is 5.75 Å². The molecule has 0 bridgehead atoms. The highest BCUT2D eigenvalue weighted by Crippen LogP contribution is 2.28. The number of esters is 1. The highest BCUT2D eigenvalue weighted by molar-refractivity contribution is 9.10. The fourth-order valence-corrected chi connectivity index (χ4v) is 3.72. The Morgan fingerprint density at radius 1 is 1.21 bits per heavy atom. The molecule has 0 aliphatic heterocycles. The van der Waals surface area contributed by atoms with Gasteiger partial charge in [0.2, 0.25) is 0 Å². The van der Waals surface area contributed by atoms with E-state index in [4.69, 9.17) is 9.47 Å². The molecular formula is C16H16BrNO5S. The Hall–Kier alpha value is -2.06. The summed E-state index contributed by atoms with van der Waals surface area (Å²) in [7, 11) is -2.31. The number of benzene rings is 2. The van der Waals surface area contributed by atoms with Crippen LogP contribution in [-0.4, -0.2) is 28.1 Å². The number of hydrogen-bond acceptors (Lipinski definition) is 5. The van der Waals surface area contributed by atoms with Crippen molar-refractivity contribution in [1.29, 1.82) is 0 Å². The number of carbonyl (C=O) groups excluding carboxylic acids is 1. The fourth-order valence-electron chi connectivity index (χ4n) is 1.95. The Morgan fingerprint density at radius 3 is 2.58 bits per heavy atom. The summed E-state index contributed by atoms with van der Waals surface area (Å²) in [4.78, 5) is 11.8. The first-order valence-electron chi connectivity index (χ1n) is 7.01. The van der Waals surface area contributed by atoms with Crippen LogP contribution in [0.15, 0.2) is 51.8 Å². The van der Waals surface area contributed by atoms with Crippen LogP contribution in [-0.2, 0) is 14.8 Å². The minimum absolute atomic E-state index is 0.0664. The van der Waals surface area contributed by atoms with Gasteiger partial charge in [0, 0.05) is 5.69 Å². The van der Waals surface area contributed by atoms with E-state index in [1.807, 2.05) is 0 Å². The third-order valence-corrected chi connectivity index (χ3v) is 5.06. The number of hydrogen-bond donors (Lipinski definition) is 1. The van der Waals surface area contributed by atoms with Crippen molar-refractivity contribution in [3.8, 4) is 5.75 Å². The molecule has 128 valence electrons. The molecule has 8 heteroatoms. The summed E-state index contributed by atoms with van der Waals surface area (Å²) in [5, 5.41) is 0. The summed E-state index contributed by atoms with van der Waals surface area (Å²) < 4.78 is 37.9. The summed E-state index contributed by atoms with van der Waals surface area (Å²) >= 11 is 3.25. The first kappa shape index (κ1) is 18.3. The Balaban J connectivity index is 2.28. The van der Waals surface area contributed by atoms with Crippen molar-refractivity contribution in [3.63, 3.8) is 0 Å². The maximum absolute atomic E-state index is 12.5. The molecule has 0 fully saturated rings. The van der Waals surface area contributed by atoms with Gasteiger partial charge in [-0.15, -0.1) is 0 Å². The van der Waals surface area contributed by atoms with Crippen molar-refractivity contribution in [3.05, 3.63) is 52.5 Å². The molecule has 0 aromatic heterocycles. The largest absolute Gasteiger partial charge is 0.496 e. The van der Waals surface area contributed by atoms with Gasteiger partial charge in [0.25, 0.3) is 10.0 Å². The Kier molecular flexibility index (Phi) is 5.84. The van der Waals surface area contributed by atoms with Crippen LogP contribution in [0, 0.1) is 0 Å². The molecule has 0 saturated carbocycles. The van der Waals surface area contributed by atoms with E-state index in [0.717, 1.165) is 0 Å². The summed E-state index contributed by atoms with van der Waals surface area (Å²) in [5.74, 6) is 0.0176. The topological polar surface area (TPSA) is 81.7 Å². The minimum Gasteiger partial charge on any atom is -0.496 e. The van der Waals surface area contributed by atoms with Crippen LogP contribution in [0.3, 0.4) is 0 Å². The van der Waals surface area contributed by atoms with Crippen LogP contribution in [0.5, 0.6) is 5.75 Å². The highest BCUT2D eigenvalue weighted by atomic mass is 79.9. The van der Waals surface area contributed by atoms with Gasteiger partial charge in [-0.3, -0.25) is 4.72 Å². The second kappa shape index (κ2) is 7.67. The number of ether oxygens (including phenoxy) is 2. The summed E-state index contributed by atoms with van der Waals surface area (Å²) in [6.45, 7) is 1.95. The summed E-state index contributed by atoms with van der Waals surface area (Å²) in [6, 6.07) is 10.5. The number of carbonyl (C=O) groups is 1. The van der Waals surface area contributed by atoms with Gasteiger partial charge in [0.05, 0.1) is 28.6 Å². The lowest BCUT2D eigenvalue weighted by atomic mass is 10.2. The molecule has 0 unspecified atom stereocenters. The number of methoxy groups -OCH3 is 1. The Morgan fingerprint density at radius 2 is 1.96 bits per heavy atom. The number of rotatable bonds is 6. The average molecular weight is 414 g/mol. The second-order valence-electron chi connectivity index (χ2n) is 4.70. The predicted molar refractivity (Wildman–Crippen MR) is 93.9 cm³/mol. The lowest BCUT2D eigenvalue weighted by Gasteiger charge is -2.11. The van der Waals surface area contributed by atoms with Crippen LogP contribution in [0.2, 0.25) is 0 Å². The number of sulfonamides is 1. The van der Waals surface area contributed by atoms with Gasteiger partial charge in [-0.05, 0) is 59.3 Å². The SMILES string of the molecule is CCOC(=O)c1cccc(NS(=O)(=O)c2ccc(OC)c(Br)c2)c1. The molecule has 0 saturated heterocycles. The third kappa shape index (κ3) is 4.27. The Bertz CT molecular complexity index is 851. The van der Waals surface area contributed by atoms with Gasteiger partial charge >= 0.3 is 5.97 Å². The van der Waals surface area contributed by atoms with E-state index in [9.17, 15) is 13.2 Å². The molecule has 6 nitrogen and oxygen atoms in total. The van der Waals surface area contributed by atoms with Gasteiger partial charge in [-0.25, -0.2) is 13.2 Å². The fraction of sp³-hybridized carbons (Fsp3) is 0.188. The molecule has 1 N–H and O–H groups in total. The maximum atomic E-state index is 12.5. The molecule has 2 aromatic rings. The second-order valence-corrected chi connectivity index (χ2v) is 7.24. The number of nitrogens with one attached hydrogen (secondary N) is 1. The van der Waals surface area contributed by atoms with E-state index in [2.05, 4.69) is 20.7 Å². The number of anilines is 1. The van der Waals surface area contributed by atoms with E-state index in [1.54, 1.807) is 31.2 Å². The van der Waals surface area contributed by atoms with E-state index in [-0.39, 0.29) is 22.8 Å². The molecule has 2 rings (SSSR count). The van der Waals surface area contributed by atoms with Crippen LogP contribution in [0.4, 0.5) is 5.69 Å². The van der Waals surface area contributed by atoms with Crippen LogP contribution >= 0.6 is 15.9 Å². The van der Waals surface area contributed by atoms with Crippen molar-refractivity contribution < 1.29 is 22.7 Å². The third-order valence-electron chi connectivity index (χ3n) is 3.06. The van der Waals surface area contributed by atoms with Crippen LogP contribution in [0.25, 0.3) is 0 Å². The van der Waals surface area contributed by atoms with Crippen molar-refractivity contribution in [2.45, 2.75) is 11.8 Å². The number of halogens is 1. The maximum Gasteiger partial charge on any atom is 0.338 e. The minimum atomic E-state index is -3.80. The van der Waals surface area contributed by atoms with Crippen molar-refractivity contribution in [1.82, 2.24) is 0 Å². The van der Waals surface area contributed by atoms with E-state index in [0.29, 0.717) is 10.2 Å². The molecular weight excluding hydrogens is 398 g/mol. The molecule has 0 heterocycles. The van der Waals surface area contributed by atoms with Crippen molar-refractivity contribution >= 4 is 37.6 Å². The van der Waals surface area contributed by atoms with Gasteiger partial charge in [-0.1, -0.05) is 6.07 Å². The zero-order valence-corrected chi connectivity index (χ0v) is 15.5.